The van der Waals surface area contributed by atoms with E-state index in [1.165, 1.54) is 6.92 Å². The molecule has 6 nitrogen and oxygen atoms in total. The second-order valence-corrected chi connectivity index (χ2v) is 1.95. The quantitative estimate of drug-likeness (QED) is 0.209. The maximum atomic E-state index is 10.5. The molecule has 0 aliphatic heterocycles. The van der Waals surface area contributed by atoms with Gasteiger partial charge in [0.2, 0.25) is 0 Å². The molecule has 0 saturated heterocycles. The first kappa shape index (κ1) is 9.15. The number of hydrazine groups is 2. The number of aliphatic hydroxyl groups is 1. The molecule has 6 heteroatoms. The number of urea groups is 1. The normalized spacial score (nSPS) is 12.4. The van der Waals surface area contributed by atoms with Crippen LogP contribution in [0.3, 0.4) is 0 Å². The van der Waals surface area contributed by atoms with Crippen molar-refractivity contribution in [3.63, 3.8) is 0 Å². The van der Waals surface area contributed by atoms with E-state index in [4.69, 9.17) is 16.8 Å². The van der Waals surface area contributed by atoms with Crippen LogP contribution in [-0.4, -0.2) is 28.8 Å². The molecule has 0 aliphatic rings. The van der Waals surface area contributed by atoms with Crippen molar-refractivity contribution >= 4 is 6.03 Å². The van der Waals surface area contributed by atoms with Crippen molar-refractivity contribution in [3.05, 3.63) is 0 Å². The second-order valence-electron chi connectivity index (χ2n) is 1.95. The van der Waals surface area contributed by atoms with Gasteiger partial charge in [-0.15, -0.1) is 0 Å². The lowest BCUT2D eigenvalue weighted by Gasteiger charge is -2.16. The number of carbonyl (C=O) groups excluding carboxylic acids is 1. The van der Waals surface area contributed by atoms with E-state index in [2.05, 4.69) is 0 Å². The predicted octanol–water partition coefficient (Wildman–Crippen LogP) is -1.87. The summed E-state index contributed by atoms with van der Waals surface area (Å²) in [7, 11) is 0. The Labute approximate surface area is 58.7 Å². The zero-order valence-corrected chi connectivity index (χ0v) is 5.74. The van der Waals surface area contributed by atoms with Gasteiger partial charge < -0.3 is 5.11 Å². The first-order valence-corrected chi connectivity index (χ1v) is 2.78. The number of rotatable bonds is 2. The number of carbonyl (C=O) groups is 1. The zero-order chi connectivity index (χ0) is 8.15. The zero-order valence-electron chi connectivity index (χ0n) is 5.74. The average molecular weight is 148 g/mol. The van der Waals surface area contributed by atoms with Crippen molar-refractivity contribution in [3.8, 4) is 0 Å². The van der Waals surface area contributed by atoms with Crippen LogP contribution in [0.4, 0.5) is 4.79 Å². The summed E-state index contributed by atoms with van der Waals surface area (Å²) in [5.41, 5.74) is 1.82. The lowest BCUT2D eigenvalue weighted by atomic mass is 10.4. The van der Waals surface area contributed by atoms with Gasteiger partial charge in [-0.05, 0) is 6.92 Å². The number of nitrogens with one attached hydrogen (secondary N) is 1. The monoisotopic (exact) mass is 148 g/mol. The van der Waals surface area contributed by atoms with Crippen LogP contribution in [0.15, 0.2) is 0 Å². The molecule has 0 radical (unpaired) electrons. The molecule has 0 heterocycles. The Morgan fingerprint density at radius 1 is 1.90 bits per heavy atom. The van der Waals surface area contributed by atoms with Crippen molar-refractivity contribution < 1.29 is 9.90 Å². The summed E-state index contributed by atoms with van der Waals surface area (Å²) >= 11 is 0. The maximum Gasteiger partial charge on any atom is 0.345 e. The van der Waals surface area contributed by atoms with Gasteiger partial charge in [0.1, 0.15) is 0 Å². The SMILES string of the molecule is CC(O)CN(N)C(=O)NN. The van der Waals surface area contributed by atoms with E-state index in [0.717, 1.165) is 5.01 Å². The van der Waals surface area contributed by atoms with Gasteiger partial charge >= 0.3 is 6.03 Å². The first-order chi connectivity index (χ1) is 4.57. The van der Waals surface area contributed by atoms with Gasteiger partial charge in [0.05, 0.1) is 12.6 Å². The Hall–Kier alpha value is -0.850. The molecule has 0 aromatic carbocycles. The molecule has 0 aliphatic carbocycles. The molecule has 1 unspecified atom stereocenters. The summed E-state index contributed by atoms with van der Waals surface area (Å²) in [6.07, 6.45) is -0.651. The summed E-state index contributed by atoms with van der Waals surface area (Å²) in [5, 5.41) is 9.52. The Kier molecular flexibility index (Phi) is 3.70. The van der Waals surface area contributed by atoms with Crippen LogP contribution < -0.4 is 17.1 Å². The lowest BCUT2D eigenvalue weighted by molar-refractivity contribution is 0.133. The molecule has 1 atom stereocenters. The number of amides is 2. The highest BCUT2D eigenvalue weighted by Gasteiger charge is 2.08. The fourth-order valence-corrected chi connectivity index (χ4v) is 0.450. The minimum atomic E-state index is -0.651. The van der Waals surface area contributed by atoms with Crippen LogP contribution in [0.25, 0.3) is 0 Å². The van der Waals surface area contributed by atoms with Crippen LogP contribution >= 0.6 is 0 Å². The highest BCUT2D eigenvalue weighted by molar-refractivity contribution is 5.72. The second kappa shape index (κ2) is 4.04. The van der Waals surface area contributed by atoms with Gasteiger partial charge in [-0.2, -0.15) is 0 Å². The van der Waals surface area contributed by atoms with Crippen molar-refractivity contribution in [2.24, 2.45) is 11.7 Å². The number of hydrogen-bond donors (Lipinski definition) is 4. The number of nitrogens with two attached hydrogens (primary N) is 2. The van der Waals surface area contributed by atoms with Crippen LogP contribution in [0.5, 0.6) is 0 Å². The van der Waals surface area contributed by atoms with Gasteiger partial charge in [0.15, 0.2) is 0 Å². The van der Waals surface area contributed by atoms with Crippen molar-refractivity contribution in [2.75, 3.05) is 6.54 Å². The van der Waals surface area contributed by atoms with Crippen LogP contribution in [0.2, 0.25) is 0 Å². The van der Waals surface area contributed by atoms with E-state index in [9.17, 15) is 4.79 Å². The molecule has 0 fully saturated rings. The molecule has 0 spiro atoms. The fraction of sp³-hybridized carbons (Fsp3) is 0.750. The molecule has 0 rings (SSSR count). The van der Waals surface area contributed by atoms with Gasteiger partial charge in [-0.25, -0.2) is 16.5 Å². The number of aliphatic hydroxyl groups excluding tert-OH is 1. The third-order valence-corrected chi connectivity index (χ3v) is 0.845. The summed E-state index contributed by atoms with van der Waals surface area (Å²) in [6, 6.07) is -0.624. The van der Waals surface area contributed by atoms with Crippen LogP contribution in [0, 0.1) is 0 Å². The number of hydrogen-bond acceptors (Lipinski definition) is 4. The topological polar surface area (TPSA) is 105 Å². The molecule has 0 bridgehead atoms. The van der Waals surface area contributed by atoms with Crippen molar-refractivity contribution in [1.29, 1.82) is 0 Å². The predicted molar refractivity (Wildman–Crippen MR) is 35.3 cm³/mol. The smallest absolute Gasteiger partial charge is 0.345 e. The standard InChI is InChI=1S/C4H12N4O2/c1-3(9)2-8(6)4(10)7-5/h3,9H,2,5-6H2,1H3,(H,7,10). The average Bonchev–Trinajstić information content (AvgIpc) is 1.85. The van der Waals surface area contributed by atoms with Crippen molar-refractivity contribution in [1.82, 2.24) is 10.4 Å². The van der Waals surface area contributed by atoms with E-state index < -0.39 is 12.1 Å². The molecule has 10 heavy (non-hydrogen) atoms. The van der Waals surface area contributed by atoms with Crippen LogP contribution in [0.1, 0.15) is 6.92 Å². The minimum Gasteiger partial charge on any atom is -0.392 e. The van der Waals surface area contributed by atoms with Crippen molar-refractivity contribution in [2.45, 2.75) is 13.0 Å². The summed E-state index contributed by atoms with van der Waals surface area (Å²) in [6.45, 7) is 1.58. The van der Waals surface area contributed by atoms with Gasteiger partial charge in [0, 0.05) is 0 Å². The van der Waals surface area contributed by atoms with E-state index in [0.29, 0.717) is 0 Å². The minimum absolute atomic E-state index is 0.0586. The van der Waals surface area contributed by atoms with Gasteiger partial charge in [-0.3, -0.25) is 10.4 Å². The van der Waals surface area contributed by atoms with E-state index in [-0.39, 0.29) is 6.54 Å². The molecule has 0 aromatic rings. The Bertz CT molecular complexity index is 116. The van der Waals surface area contributed by atoms with Gasteiger partial charge in [-0.1, -0.05) is 0 Å². The van der Waals surface area contributed by atoms with Crippen LogP contribution in [-0.2, 0) is 0 Å². The summed E-state index contributed by atoms with van der Waals surface area (Å²) in [5.74, 6) is 9.86. The lowest BCUT2D eigenvalue weighted by Crippen LogP contribution is -2.49. The van der Waals surface area contributed by atoms with E-state index >= 15 is 0 Å². The first-order valence-electron chi connectivity index (χ1n) is 2.78. The molecule has 60 valence electrons. The molecular weight excluding hydrogens is 136 g/mol. The van der Waals surface area contributed by atoms with Gasteiger partial charge in [0.25, 0.3) is 0 Å². The number of nitrogens with zero attached hydrogens (tertiary/aromatic N) is 1. The highest BCUT2D eigenvalue weighted by Crippen LogP contribution is 1.83. The maximum absolute atomic E-state index is 10.5. The van der Waals surface area contributed by atoms with E-state index in [1.807, 2.05) is 5.43 Å². The molecule has 2 amide bonds. The summed E-state index contributed by atoms with van der Waals surface area (Å²) in [4.78, 5) is 10.5. The molecule has 0 aromatic heterocycles. The summed E-state index contributed by atoms with van der Waals surface area (Å²) < 4.78 is 0. The Morgan fingerprint density at radius 2 is 2.40 bits per heavy atom. The molecular formula is C4H12N4O2. The fourth-order valence-electron chi connectivity index (χ4n) is 0.450. The third kappa shape index (κ3) is 3.23. The molecule has 0 saturated carbocycles. The molecule has 6 N–H and O–H groups in total. The third-order valence-electron chi connectivity index (χ3n) is 0.845. The Morgan fingerprint density at radius 3 is 2.70 bits per heavy atom. The highest BCUT2D eigenvalue weighted by atomic mass is 16.3. The van der Waals surface area contributed by atoms with E-state index in [1.54, 1.807) is 0 Å². The Balaban J connectivity index is 3.61. The largest absolute Gasteiger partial charge is 0.392 e.